The summed E-state index contributed by atoms with van der Waals surface area (Å²) in [5.74, 6) is -0.226. The van der Waals surface area contributed by atoms with E-state index in [-0.39, 0.29) is 29.6 Å². The van der Waals surface area contributed by atoms with E-state index >= 15 is 0 Å². The Morgan fingerprint density at radius 3 is 2.43 bits per heavy atom. The van der Waals surface area contributed by atoms with Crippen LogP contribution >= 0.6 is 23.7 Å². The summed E-state index contributed by atoms with van der Waals surface area (Å²) in [6, 6.07) is 19.0. The fourth-order valence-corrected chi connectivity index (χ4v) is 6.38. The van der Waals surface area contributed by atoms with Crippen LogP contribution in [0.2, 0.25) is 0 Å². The number of fused-ring (bicyclic) bond motifs is 1. The summed E-state index contributed by atoms with van der Waals surface area (Å²) in [6.45, 7) is 5.76. The number of anilines is 1. The fourth-order valence-electron chi connectivity index (χ4n) is 4.06. The molecule has 2 aromatic carbocycles. The van der Waals surface area contributed by atoms with Crippen molar-refractivity contribution in [2.45, 2.75) is 49.9 Å². The Balaban J connectivity index is 0.00000342. The highest BCUT2D eigenvalue weighted by atomic mass is 35.5. The SMILES string of the molecule is CC(C)S(=O)(=O)c1ccc(CC(=O)Nc2sc3c(c2C#N)CCN(Cc2ccccc2)C3)cc1.Cl. The van der Waals surface area contributed by atoms with E-state index in [1.165, 1.54) is 16.9 Å². The summed E-state index contributed by atoms with van der Waals surface area (Å²) in [4.78, 5) is 16.4. The highest BCUT2D eigenvalue weighted by Crippen LogP contribution is 2.37. The van der Waals surface area contributed by atoms with E-state index < -0.39 is 15.1 Å². The summed E-state index contributed by atoms with van der Waals surface area (Å²) in [5.41, 5.74) is 3.57. The van der Waals surface area contributed by atoms with Crippen LogP contribution in [0.3, 0.4) is 0 Å². The first-order chi connectivity index (χ1) is 16.3. The molecule has 0 radical (unpaired) electrons. The minimum absolute atomic E-state index is 0. The molecule has 1 aliphatic heterocycles. The molecule has 184 valence electrons. The van der Waals surface area contributed by atoms with Gasteiger partial charge in [0.05, 0.1) is 22.1 Å². The van der Waals surface area contributed by atoms with Gasteiger partial charge < -0.3 is 5.32 Å². The first kappa shape index (κ1) is 26.9. The van der Waals surface area contributed by atoms with Gasteiger partial charge in [-0.2, -0.15) is 5.26 Å². The monoisotopic (exact) mass is 529 g/mol. The average Bonchev–Trinajstić information content (AvgIpc) is 3.15. The van der Waals surface area contributed by atoms with Gasteiger partial charge in [-0.25, -0.2) is 8.42 Å². The number of hydrogen-bond acceptors (Lipinski definition) is 6. The lowest BCUT2D eigenvalue weighted by molar-refractivity contribution is -0.115. The molecule has 0 unspecified atom stereocenters. The van der Waals surface area contributed by atoms with Gasteiger partial charge in [0, 0.05) is 24.5 Å². The second-order valence-electron chi connectivity index (χ2n) is 8.73. The van der Waals surface area contributed by atoms with Crippen molar-refractivity contribution in [3.05, 3.63) is 81.7 Å². The van der Waals surface area contributed by atoms with E-state index in [9.17, 15) is 18.5 Å². The van der Waals surface area contributed by atoms with Gasteiger partial charge in [-0.15, -0.1) is 23.7 Å². The van der Waals surface area contributed by atoms with Crippen molar-refractivity contribution in [3.63, 3.8) is 0 Å². The Labute approximate surface area is 216 Å². The molecule has 1 aromatic heterocycles. The van der Waals surface area contributed by atoms with E-state index in [0.717, 1.165) is 36.5 Å². The van der Waals surface area contributed by atoms with Crippen LogP contribution in [0.25, 0.3) is 0 Å². The summed E-state index contributed by atoms with van der Waals surface area (Å²) in [7, 11) is -3.35. The number of thiophene rings is 1. The predicted octanol–water partition coefficient (Wildman–Crippen LogP) is 4.96. The maximum absolute atomic E-state index is 12.7. The Hall–Kier alpha value is -2.70. The molecule has 0 saturated carbocycles. The number of rotatable bonds is 7. The van der Waals surface area contributed by atoms with Crippen LogP contribution in [0.15, 0.2) is 59.5 Å². The first-order valence-corrected chi connectivity index (χ1v) is 13.6. The van der Waals surface area contributed by atoms with E-state index in [2.05, 4.69) is 28.4 Å². The number of benzene rings is 2. The van der Waals surface area contributed by atoms with E-state index in [0.29, 0.717) is 16.1 Å². The lowest BCUT2D eigenvalue weighted by Crippen LogP contribution is -2.29. The Morgan fingerprint density at radius 2 is 1.80 bits per heavy atom. The normalized spacial score (nSPS) is 13.5. The molecule has 0 saturated heterocycles. The summed E-state index contributed by atoms with van der Waals surface area (Å²) < 4.78 is 24.6. The summed E-state index contributed by atoms with van der Waals surface area (Å²) in [6.07, 6.45) is 0.888. The zero-order chi connectivity index (χ0) is 24.3. The molecule has 2 heterocycles. The number of sulfone groups is 1. The number of carbonyl (C=O) groups excluding carboxylic acids is 1. The lowest BCUT2D eigenvalue weighted by atomic mass is 10.0. The number of nitrogens with zero attached hydrogens (tertiary/aromatic N) is 2. The maximum atomic E-state index is 12.7. The molecule has 0 aliphatic carbocycles. The van der Waals surface area contributed by atoms with Crippen molar-refractivity contribution >= 4 is 44.5 Å². The minimum atomic E-state index is -3.35. The van der Waals surface area contributed by atoms with Crippen LogP contribution < -0.4 is 5.32 Å². The van der Waals surface area contributed by atoms with Gasteiger partial charge in [-0.3, -0.25) is 9.69 Å². The molecular weight excluding hydrogens is 502 g/mol. The predicted molar refractivity (Wildman–Crippen MR) is 142 cm³/mol. The highest BCUT2D eigenvalue weighted by molar-refractivity contribution is 7.92. The smallest absolute Gasteiger partial charge is 0.229 e. The molecule has 35 heavy (non-hydrogen) atoms. The van der Waals surface area contributed by atoms with Gasteiger partial charge in [0.25, 0.3) is 0 Å². The van der Waals surface area contributed by atoms with Crippen LogP contribution in [0, 0.1) is 11.3 Å². The van der Waals surface area contributed by atoms with Gasteiger partial charge in [0.2, 0.25) is 5.91 Å². The maximum Gasteiger partial charge on any atom is 0.229 e. The number of carbonyl (C=O) groups is 1. The summed E-state index contributed by atoms with van der Waals surface area (Å²) in [5, 5.41) is 12.8. The molecule has 1 aliphatic rings. The van der Waals surface area contributed by atoms with Gasteiger partial charge in [-0.05, 0) is 49.1 Å². The third-order valence-electron chi connectivity index (χ3n) is 5.99. The molecule has 0 spiro atoms. The topological polar surface area (TPSA) is 90.3 Å². The van der Waals surface area contributed by atoms with Crippen molar-refractivity contribution in [2.24, 2.45) is 0 Å². The Bertz CT molecular complexity index is 1330. The van der Waals surface area contributed by atoms with E-state index in [1.807, 2.05) is 18.2 Å². The van der Waals surface area contributed by atoms with E-state index in [4.69, 9.17) is 0 Å². The van der Waals surface area contributed by atoms with Crippen LogP contribution in [-0.4, -0.2) is 31.0 Å². The van der Waals surface area contributed by atoms with Crippen LogP contribution in [0.1, 0.15) is 41.0 Å². The number of nitriles is 1. The van der Waals surface area contributed by atoms with Crippen LogP contribution in [0.5, 0.6) is 0 Å². The first-order valence-electron chi connectivity index (χ1n) is 11.2. The molecule has 9 heteroatoms. The molecule has 0 atom stereocenters. The van der Waals surface area contributed by atoms with Gasteiger partial charge in [-0.1, -0.05) is 42.5 Å². The van der Waals surface area contributed by atoms with Crippen LogP contribution in [0.4, 0.5) is 5.00 Å². The van der Waals surface area contributed by atoms with Crippen molar-refractivity contribution in [3.8, 4) is 6.07 Å². The number of halogens is 1. The zero-order valence-corrected chi connectivity index (χ0v) is 22.1. The van der Waals surface area contributed by atoms with Crippen molar-refractivity contribution in [2.75, 3.05) is 11.9 Å². The number of nitrogens with one attached hydrogen (secondary N) is 1. The van der Waals surface area contributed by atoms with Crippen molar-refractivity contribution in [1.82, 2.24) is 4.90 Å². The molecular formula is C26H28ClN3O3S2. The molecule has 6 nitrogen and oxygen atoms in total. The second-order valence-corrected chi connectivity index (χ2v) is 12.3. The van der Waals surface area contributed by atoms with Crippen molar-refractivity contribution < 1.29 is 13.2 Å². The number of hydrogen-bond donors (Lipinski definition) is 1. The minimum Gasteiger partial charge on any atom is -0.316 e. The van der Waals surface area contributed by atoms with Gasteiger partial charge >= 0.3 is 0 Å². The third-order valence-corrected chi connectivity index (χ3v) is 9.29. The second kappa shape index (κ2) is 11.4. The largest absolute Gasteiger partial charge is 0.316 e. The molecule has 0 fully saturated rings. The molecule has 4 rings (SSSR count). The molecule has 1 amide bonds. The number of amides is 1. The molecule has 0 bridgehead atoms. The lowest BCUT2D eigenvalue weighted by Gasteiger charge is -2.26. The zero-order valence-electron chi connectivity index (χ0n) is 19.7. The molecule has 3 aromatic rings. The quantitative estimate of drug-likeness (QED) is 0.467. The van der Waals surface area contributed by atoms with Crippen molar-refractivity contribution in [1.29, 1.82) is 5.26 Å². The molecule has 1 N–H and O–H groups in total. The van der Waals surface area contributed by atoms with E-state index in [1.54, 1.807) is 38.1 Å². The standard InChI is InChI=1S/C26H27N3O3S2.ClH/c1-18(2)34(31,32)21-10-8-19(9-11-21)14-25(30)28-26-23(15-27)22-12-13-29(17-24(22)33-26)16-20-6-4-3-5-7-20;/h3-11,18H,12-14,16-17H2,1-2H3,(H,28,30);1H. The van der Waals surface area contributed by atoms with Gasteiger partial charge in [0.15, 0.2) is 9.84 Å². The highest BCUT2D eigenvalue weighted by Gasteiger charge is 2.25. The Kier molecular flexibility index (Phi) is 8.73. The van der Waals surface area contributed by atoms with Gasteiger partial charge in [0.1, 0.15) is 11.1 Å². The summed E-state index contributed by atoms with van der Waals surface area (Å²) >= 11 is 1.47. The Morgan fingerprint density at radius 1 is 1.11 bits per heavy atom. The third kappa shape index (κ3) is 6.11. The average molecular weight is 530 g/mol. The fraction of sp³-hybridized carbons (Fsp3) is 0.308. The van der Waals surface area contributed by atoms with Crippen LogP contribution in [-0.2, 0) is 40.6 Å².